The number of phenolic OH excluding ortho intramolecular Hbond substituents is 2. The molecule has 0 amide bonds. The van der Waals surface area contributed by atoms with Crippen LogP contribution in [0, 0.1) is 0 Å². The normalized spacial score (nSPS) is 12.3. The first kappa shape index (κ1) is 37.9. The van der Waals surface area contributed by atoms with Crippen LogP contribution in [0.5, 0.6) is 11.5 Å². The molecule has 9 heteroatoms. The smallest absolute Gasteiger partial charge is 0.126 e. The molecular formula is C35H56O9. The molecule has 0 spiro atoms. The van der Waals surface area contributed by atoms with Crippen molar-refractivity contribution < 1.29 is 43.4 Å². The quantitative estimate of drug-likeness (QED) is 0.145. The molecule has 0 heterocycles. The van der Waals surface area contributed by atoms with Crippen LogP contribution in [0.25, 0.3) is 0 Å². The highest BCUT2D eigenvalue weighted by molar-refractivity contribution is 5.52. The van der Waals surface area contributed by atoms with Crippen LogP contribution < -0.4 is 0 Å². The Kier molecular flexibility index (Phi) is 16.7. The summed E-state index contributed by atoms with van der Waals surface area (Å²) < 4.78 is 39.8. The van der Waals surface area contributed by atoms with Crippen LogP contribution in [-0.2, 0) is 65.0 Å². The Bertz CT molecular complexity index is 1070. The summed E-state index contributed by atoms with van der Waals surface area (Å²) in [6.07, 6.45) is 0.370. The maximum absolute atomic E-state index is 11.2. The van der Waals surface area contributed by atoms with Gasteiger partial charge in [0.05, 0.1) is 84.4 Å². The van der Waals surface area contributed by atoms with Gasteiger partial charge >= 0.3 is 0 Å². The highest BCUT2D eigenvalue weighted by atomic mass is 16.5. The van der Waals surface area contributed by atoms with Crippen molar-refractivity contribution in [2.45, 2.75) is 106 Å². The summed E-state index contributed by atoms with van der Waals surface area (Å²) in [4.78, 5) is 0. The van der Waals surface area contributed by atoms with E-state index < -0.39 is 5.41 Å². The molecule has 44 heavy (non-hydrogen) atoms. The summed E-state index contributed by atoms with van der Waals surface area (Å²) in [6.45, 7) is 19.7. The van der Waals surface area contributed by atoms with Gasteiger partial charge in [-0.15, -0.1) is 0 Å². The van der Waals surface area contributed by atoms with Crippen molar-refractivity contribution in [1.82, 2.24) is 0 Å². The summed E-state index contributed by atoms with van der Waals surface area (Å²) in [5.74, 6) is 0.319. The van der Waals surface area contributed by atoms with E-state index in [1.54, 1.807) is 7.11 Å². The average Bonchev–Trinajstić information content (AvgIpc) is 2.95. The molecule has 2 rings (SSSR count). The van der Waals surface area contributed by atoms with E-state index in [9.17, 15) is 10.2 Å². The Hall–Kier alpha value is -2.24. The predicted molar refractivity (Wildman–Crippen MR) is 171 cm³/mol. The molecule has 9 nitrogen and oxygen atoms in total. The van der Waals surface area contributed by atoms with Gasteiger partial charge < -0.3 is 43.4 Å². The maximum atomic E-state index is 11.2. The summed E-state index contributed by atoms with van der Waals surface area (Å²) in [5.41, 5.74) is 4.10. The topological polar surface area (TPSA) is 105 Å². The van der Waals surface area contributed by atoms with Gasteiger partial charge in [0.25, 0.3) is 0 Å². The van der Waals surface area contributed by atoms with E-state index in [1.807, 2.05) is 65.8 Å². The fourth-order valence-corrected chi connectivity index (χ4v) is 4.58. The highest BCUT2D eigenvalue weighted by Crippen LogP contribution is 2.39. The van der Waals surface area contributed by atoms with Crippen LogP contribution >= 0.6 is 0 Å². The van der Waals surface area contributed by atoms with Crippen LogP contribution in [0.2, 0.25) is 0 Å². The lowest BCUT2D eigenvalue weighted by Gasteiger charge is -2.29. The van der Waals surface area contributed by atoms with Crippen LogP contribution in [0.4, 0.5) is 0 Å². The van der Waals surface area contributed by atoms with Crippen LogP contribution in [-0.4, -0.2) is 75.3 Å². The lowest BCUT2D eigenvalue weighted by atomic mass is 9.76. The van der Waals surface area contributed by atoms with E-state index in [4.69, 9.17) is 33.2 Å². The average molecular weight is 621 g/mol. The third-order valence-electron chi connectivity index (χ3n) is 7.09. The van der Waals surface area contributed by atoms with E-state index in [2.05, 4.69) is 13.8 Å². The molecule has 2 N–H and O–H groups in total. The number of phenols is 2. The summed E-state index contributed by atoms with van der Waals surface area (Å²) in [6, 6.07) is 7.90. The van der Waals surface area contributed by atoms with Gasteiger partial charge in [0.2, 0.25) is 0 Å². The fourth-order valence-electron chi connectivity index (χ4n) is 4.58. The van der Waals surface area contributed by atoms with Gasteiger partial charge in [-0.3, -0.25) is 0 Å². The number of aromatic hydroxyl groups is 2. The molecule has 250 valence electrons. The lowest BCUT2D eigenvalue weighted by molar-refractivity contribution is 0.0122. The van der Waals surface area contributed by atoms with Gasteiger partial charge in [0, 0.05) is 34.8 Å². The van der Waals surface area contributed by atoms with Crippen LogP contribution in [0.15, 0.2) is 24.3 Å². The minimum Gasteiger partial charge on any atom is -0.507 e. The van der Waals surface area contributed by atoms with Gasteiger partial charge in [0.15, 0.2) is 0 Å². The number of methoxy groups -OCH3 is 1. The molecule has 0 aliphatic heterocycles. The van der Waals surface area contributed by atoms with E-state index in [-0.39, 0.29) is 56.2 Å². The molecule has 0 saturated heterocycles. The molecule has 0 aromatic heterocycles. The first-order chi connectivity index (χ1) is 20.9. The minimum absolute atomic E-state index is 0.122. The van der Waals surface area contributed by atoms with Crippen molar-refractivity contribution in [3.63, 3.8) is 0 Å². The molecular weight excluding hydrogens is 564 g/mol. The third-order valence-corrected chi connectivity index (χ3v) is 7.09. The number of hydrogen-bond acceptors (Lipinski definition) is 9. The minimum atomic E-state index is -0.523. The predicted octanol–water partition coefficient (Wildman–Crippen LogP) is 6.39. The second-order valence-electron chi connectivity index (χ2n) is 12.3. The first-order valence-electron chi connectivity index (χ1n) is 15.6. The number of ether oxygens (including phenoxy) is 7. The van der Waals surface area contributed by atoms with Crippen LogP contribution in [0.3, 0.4) is 0 Å². The largest absolute Gasteiger partial charge is 0.507 e. The zero-order valence-electron chi connectivity index (χ0n) is 28.4. The lowest BCUT2D eigenvalue weighted by Crippen LogP contribution is -2.21. The Morgan fingerprint density at radius 3 is 1.09 bits per heavy atom. The molecule has 0 fully saturated rings. The van der Waals surface area contributed by atoms with E-state index in [0.29, 0.717) is 61.9 Å². The van der Waals surface area contributed by atoms with Crippen molar-refractivity contribution in [2.24, 2.45) is 0 Å². The maximum Gasteiger partial charge on any atom is 0.126 e. The van der Waals surface area contributed by atoms with E-state index >= 15 is 0 Å². The van der Waals surface area contributed by atoms with Crippen molar-refractivity contribution >= 4 is 0 Å². The summed E-state index contributed by atoms with van der Waals surface area (Å²) in [7, 11) is 1.60. The van der Waals surface area contributed by atoms with Gasteiger partial charge in [0.1, 0.15) is 11.5 Å². The van der Waals surface area contributed by atoms with Gasteiger partial charge in [-0.05, 0) is 76.9 Å². The van der Waals surface area contributed by atoms with Crippen molar-refractivity contribution in [3.05, 3.63) is 57.6 Å². The molecule has 2 aromatic carbocycles. The molecule has 0 radical (unpaired) electrons. The molecule has 0 atom stereocenters. The Labute approximate surface area is 264 Å². The van der Waals surface area contributed by atoms with Gasteiger partial charge in [-0.1, -0.05) is 13.8 Å². The molecule has 0 saturated carbocycles. The molecule has 2 aromatic rings. The zero-order valence-corrected chi connectivity index (χ0v) is 28.4. The molecule has 0 aliphatic carbocycles. The second-order valence-corrected chi connectivity index (χ2v) is 12.3. The van der Waals surface area contributed by atoms with E-state index in [0.717, 1.165) is 11.1 Å². The highest BCUT2D eigenvalue weighted by Gasteiger charge is 2.28. The number of rotatable bonds is 22. The second kappa shape index (κ2) is 19.3. The monoisotopic (exact) mass is 620 g/mol. The molecule has 0 unspecified atom stereocenters. The fraction of sp³-hybridized carbons (Fsp3) is 0.657. The Morgan fingerprint density at radius 2 is 0.818 bits per heavy atom. The number of benzene rings is 2. The van der Waals surface area contributed by atoms with Gasteiger partial charge in [-0.2, -0.15) is 0 Å². The standard InChI is InChI=1S/C35H56O9/c1-24(2)42-13-10-39-21-28-17-31(16-27(20-38-9)33(28)36)35(7,8)32-18-29(22-40-11-14-43-25(3)4)34(37)30(19-32)23-41-12-15-44-26(5)6/h16-19,24-26,36-37H,10-15,20-23H2,1-9H3. The SMILES string of the molecule is COCc1cc(C(C)(C)c2cc(COCCOC(C)C)c(O)c(COCCOC(C)C)c2)cc(COCCOC(C)C)c1O. The van der Waals surface area contributed by atoms with Crippen molar-refractivity contribution in [2.75, 3.05) is 46.8 Å². The first-order valence-corrected chi connectivity index (χ1v) is 15.6. The Balaban J connectivity index is 2.40. The number of hydrogen-bond donors (Lipinski definition) is 2. The zero-order chi connectivity index (χ0) is 32.7. The Morgan fingerprint density at radius 1 is 0.523 bits per heavy atom. The summed E-state index contributed by atoms with van der Waals surface area (Å²) in [5, 5.41) is 22.2. The van der Waals surface area contributed by atoms with Crippen molar-refractivity contribution in [3.8, 4) is 11.5 Å². The molecule has 0 aliphatic rings. The van der Waals surface area contributed by atoms with Crippen molar-refractivity contribution in [1.29, 1.82) is 0 Å². The van der Waals surface area contributed by atoms with E-state index in [1.165, 1.54) is 0 Å². The summed E-state index contributed by atoms with van der Waals surface area (Å²) >= 11 is 0. The van der Waals surface area contributed by atoms with Crippen LogP contribution in [0.1, 0.15) is 88.8 Å². The molecule has 0 bridgehead atoms. The third kappa shape index (κ3) is 12.6. The van der Waals surface area contributed by atoms with Gasteiger partial charge in [-0.25, -0.2) is 0 Å².